The van der Waals surface area contributed by atoms with Gasteiger partial charge in [-0.2, -0.15) is 0 Å². The van der Waals surface area contributed by atoms with Crippen LogP contribution in [0.3, 0.4) is 0 Å². The molecule has 0 aromatic rings. The average molecular weight is 286 g/mol. The van der Waals surface area contributed by atoms with E-state index in [1.807, 2.05) is 0 Å². The first kappa shape index (κ1) is 16.2. The molecule has 2 saturated heterocycles. The predicted octanol–water partition coefficient (Wildman–Crippen LogP) is 0.332. The Labute approximate surface area is 122 Å². The zero-order chi connectivity index (χ0) is 14.4. The molecule has 2 fully saturated rings. The number of morpholine rings is 1. The number of aliphatic hydroxyl groups is 1. The van der Waals surface area contributed by atoms with Crippen LogP contribution < -0.4 is 5.32 Å². The van der Waals surface area contributed by atoms with Gasteiger partial charge in [0.2, 0.25) is 0 Å². The van der Waals surface area contributed by atoms with Gasteiger partial charge in [0.15, 0.2) is 0 Å². The molecule has 0 aromatic carbocycles. The first-order valence-corrected chi connectivity index (χ1v) is 7.87. The average Bonchev–Trinajstić information content (AvgIpc) is 2.87. The molecule has 2 rings (SSSR count). The standard InChI is InChI=1S/C15H30N2O3/c1-13(2)7-16-10-15(3-5-19-12-15)11-17-4-6-20-14(8-17)9-18/h13-14,16,18H,3-12H2,1-2H3. The summed E-state index contributed by atoms with van der Waals surface area (Å²) in [7, 11) is 0. The van der Waals surface area contributed by atoms with E-state index in [0.29, 0.717) is 5.92 Å². The van der Waals surface area contributed by atoms with Crippen molar-refractivity contribution >= 4 is 0 Å². The van der Waals surface area contributed by atoms with Crippen LogP contribution in [0.4, 0.5) is 0 Å². The third-order valence-corrected chi connectivity index (χ3v) is 4.22. The zero-order valence-electron chi connectivity index (χ0n) is 12.9. The van der Waals surface area contributed by atoms with Crippen molar-refractivity contribution < 1.29 is 14.6 Å². The Bertz CT molecular complexity index is 280. The molecule has 0 aliphatic carbocycles. The highest BCUT2D eigenvalue weighted by Gasteiger charge is 2.37. The Morgan fingerprint density at radius 1 is 1.40 bits per heavy atom. The molecule has 2 aliphatic rings. The summed E-state index contributed by atoms with van der Waals surface area (Å²) in [5.41, 5.74) is 0.228. The summed E-state index contributed by atoms with van der Waals surface area (Å²) >= 11 is 0. The first-order chi connectivity index (χ1) is 9.63. The van der Waals surface area contributed by atoms with Gasteiger partial charge in [-0.15, -0.1) is 0 Å². The molecule has 0 saturated carbocycles. The molecule has 2 atom stereocenters. The predicted molar refractivity (Wildman–Crippen MR) is 78.8 cm³/mol. The van der Waals surface area contributed by atoms with Crippen molar-refractivity contribution in [3.8, 4) is 0 Å². The summed E-state index contributed by atoms with van der Waals surface area (Å²) in [5.74, 6) is 0.677. The van der Waals surface area contributed by atoms with E-state index in [-0.39, 0.29) is 18.1 Å². The Kier molecular flexibility index (Phi) is 6.23. The molecule has 0 bridgehead atoms. The van der Waals surface area contributed by atoms with E-state index < -0.39 is 0 Å². The van der Waals surface area contributed by atoms with Gasteiger partial charge >= 0.3 is 0 Å². The molecule has 2 heterocycles. The van der Waals surface area contributed by atoms with Crippen LogP contribution in [0.25, 0.3) is 0 Å². The number of aliphatic hydroxyl groups excluding tert-OH is 1. The van der Waals surface area contributed by atoms with Crippen LogP contribution in [0.1, 0.15) is 20.3 Å². The maximum atomic E-state index is 9.25. The summed E-state index contributed by atoms with van der Waals surface area (Å²) in [6, 6.07) is 0. The Morgan fingerprint density at radius 3 is 2.90 bits per heavy atom. The van der Waals surface area contributed by atoms with Crippen molar-refractivity contribution in [3.05, 3.63) is 0 Å². The van der Waals surface area contributed by atoms with E-state index in [1.54, 1.807) is 0 Å². The fourth-order valence-corrected chi connectivity index (χ4v) is 3.10. The smallest absolute Gasteiger partial charge is 0.0932 e. The normalized spacial score (nSPS) is 32.1. The maximum absolute atomic E-state index is 9.25. The maximum Gasteiger partial charge on any atom is 0.0932 e. The van der Waals surface area contributed by atoms with Crippen LogP contribution in [0.15, 0.2) is 0 Å². The van der Waals surface area contributed by atoms with Gasteiger partial charge in [-0.3, -0.25) is 4.90 Å². The minimum atomic E-state index is -0.0215. The van der Waals surface area contributed by atoms with Gasteiger partial charge < -0.3 is 19.9 Å². The van der Waals surface area contributed by atoms with Gasteiger partial charge in [0.1, 0.15) is 0 Å². The van der Waals surface area contributed by atoms with Gasteiger partial charge in [-0.05, 0) is 18.9 Å². The molecule has 2 aliphatic heterocycles. The van der Waals surface area contributed by atoms with Gasteiger partial charge in [-0.1, -0.05) is 13.8 Å². The van der Waals surface area contributed by atoms with Crippen molar-refractivity contribution in [2.45, 2.75) is 26.4 Å². The summed E-state index contributed by atoms with van der Waals surface area (Å²) in [5, 5.41) is 12.8. The van der Waals surface area contributed by atoms with Crippen LogP contribution in [0, 0.1) is 11.3 Å². The molecule has 2 unspecified atom stereocenters. The highest BCUT2D eigenvalue weighted by atomic mass is 16.5. The lowest BCUT2D eigenvalue weighted by Gasteiger charge is -2.38. The fraction of sp³-hybridized carbons (Fsp3) is 1.00. The zero-order valence-corrected chi connectivity index (χ0v) is 12.9. The number of nitrogens with zero attached hydrogens (tertiary/aromatic N) is 1. The fourth-order valence-electron chi connectivity index (χ4n) is 3.10. The molecule has 118 valence electrons. The van der Waals surface area contributed by atoms with Crippen LogP contribution >= 0.6 is 0 Å². The molecule has 0 spiro atoms. The third kappa shape index (κ3) is 4.67. The van der Waals surface area contributed by atoms with Crippen LogP contribution in [0.2, 0.25) is 0 Å². The number of nitrogens with one attached hydrogen (secondary N) is 1. The minimum Gasteiger partial charge on any atom is -0.394 e. The number of hydrogen-bond donors (Lipinski definition) is 2. The van der Waals surface area contributed by atoms with Crippen molar-refractivity contribution in [1.82, 2.24) is 10.2 Å². The topological polar surface area (TPSA) is 54.0 Å². The van der Waals surface area contributed by atoms with Crippen LogP contribution in [0.5, 0.6) is 0 Å². The summed E-state index contributed by atoms with van der Waals surface area (Å²) < 4.78 is 11.2. The molecule has 0 aromatic heterocycles. The third-order valence-electron chi connectivity index (χ3n) is 4.22. The van der Waals surface area contributed by atoms with Crippen LogP contribution in [-0.4, -0.2) is 75.3 Å². The highest BCUT2D eigenvalue weighted by molar-refractivity contribution is 4.89. The second-order valence-electron chi connectivity index (χ2n) is 6.74. The van der Waals surface area contributed by atoms with Gasteiger partial charge in [0, 0.05) is 38.2 Å². The lowest BCUT2D eigenvalue weighted by atomic mass is 9.86. The molecule has 20 heavy (non-hydrogen) atoms. The Morgan fingerprint density at radius 2 is 2.25 bits per heavy atom. The second-order valence-corrected chi connectivity index (χ2v) is 6.74. The van der Waals surface area contributed by atoms with E-state index in [9.17, 15) is 5.11 Å². The van der Waals surface area contributed by atoms with Crippen molar-refractivity contribution in [1.29, 1.82) is 0 Å². The molecular formula is C15H30N2O3. The molecule has 2 N–H and O–H groups in total. The van der Waals surface area contributed by atoms with E-state index in [0.717, 1.165) is 59.0 Å². The number of ether oxygens (including phenoxy) is 2. The monoisotopic (exact) mass is 286 g/mol. The lowest BCUT2D eigenvalue weighted by Crippen LogP contribution is -2.51. The number of rotatable bonds is 7. The van der Waals surface area contributed by atoms with Crippen LogP contribution in [-0.2, 0) is 9.47 Å². The van der Waals surface area contributed by atoms with Crippen molar-refractivity contribution in [3.63, 3.8) is 0 Å². The lowest BCUT2D eigenvalue weighted by molar-refractivity contribution is -0.0630. The molecular weight excluding hydrogens is 256 g/mol. The van der Waals surface area contributed by atoms with Gasteiger partial charge in [0.25, 0.3) is 0 Å². The van der Waals surface area contributed by atoms with Gasteiger partial charge in [-0.25, -0.2) is 0 Å². The molecule has 5 heteroatoms. The highest BCUT2D eigenvalue weighted by Crippen LogP contribution is 2.29. The van der Waals surface area contributed by atoms with E-state index in [4.69, 9.17) is 9.47 Å². The van der Waals surface area contributed by atoms with E-state index in [1.165, 1.54) is 0 Å². The quantitative estimate of drug-likeness (QED) is 0.706. The Hall–Kier alpha value is -0.200. The second kappa shape index (κ2) is 7.71. The minimum absolute atomic E-state index is 0.0215. The molecule has 0 radical (unpaired) electrons. The number of hydrogen-bond acceptors (Lipinski definition) is 5. The van der Waals surface area contributed by atoms with Crippen molar-refractivity contribution in [2.75, 3.05) is 59.2 Å². The van der Waals surface area contributed by atoms with E-state index >= 15 is 0 Å². The molecule has 0 amide bonds. The van der Waals surface area contributed by atoms with E-state index in [2.05, 4.69) is 24.1 Å². The molecule has 5 nitrogen and oxygen atoms in total. The SMILES string of the molecule is CC(C)CNCC1(CN2CCOC(CO)C2)CCOC1. The Balaban J connectivity index is 1.84. The summed E-state index contributed by atoms with van der Waals surface area (Å²) in [6.45, 7) is 11.9. The summed E-state index contributed by atoms with van der Waals surface area (Å²) in [4.78, 5) is 2.43. The summed E-state index contributed by atoms with van der Waals surface area (Å²) in [6.07, 6.45) is 1.10. The van der Waals surface area contributed by atoms with Crippen molar-refractivity contribution in [2.24, 2.45) is 11.3 Å². The largest absolute Gasteiger partial charge is 0.394 e. The van der Waals surface area contributed by atoms with Gasteiger partial charge in [0.05, 0.1) is 25.9 Å². The first-order valence-electron chi connectivity index (χ1n) is 7.87.